The van der Waals surface area contributed by atoms with Crippen molar-refractivity contribution in [3.05, 3.63) is 28.4 Å². The van der Waals surface area contributed by atoms with E-state index in [2.05, 4.69) is 25.3 Å². The van der Waals surface area contributed by atoms with Gasteiger partial charge in [0.05, 0.1) is 28.0 Å². The molecule has 5 N–H and O–H groups in total. The molecule has 0 aliphatic heterocycles. The highest BCUT2D eigenvalue weighted by Gasteiger charge is 2.32. The molecule has 2 fully saturated rings. The molecule has 5 rings (SSSR count). The zero-order valence-electron chi connectivity index (χ0n) is 21.2. The highest BCUT2D eigenvalue weighted by atomic mass is 35.5. The van der Waals surface area contributed by atoms with E-state index in [0.29, 0.717) is 55.2 Å². The van der Waals surface area contributed by atoms with Crippen molar-refractivity contribution in [2.45, 2.75) is 75.9 Å². The molecule has 0 unspecified atom stereocenters. The molecule has 2 aliphatic carbocycles. The lowest BCUT2D eigenvalue weighted by Gasteiger charge is -2.29. The lowest BCUT2D eigenvalue weighted by molar-refractivity contribution is -0.274. The van der Waals surface area contributed by atoms with Crippen LogP contribution in [-0.2, 0) is 4.79 Å². The summed E-state index contributed by atoms with van der Waals surface area (Å²) < 4.78 is 44.0. The molecule has 3 aromatic rings. The van der Waals surface area contributed by atoms with E-state index in [1.165, 1.54) is 0 Å². The Bertz CT molecular complexity index is 1370. The fraction of sp³-hybridized carbons (Fsp3) is 0.520. The summed E-state index contributed by atoms with van der Waals surface area (Å²) in [7, 11) is 0. The molecule has 10 nitrogen and oxygen atoms in total. The van der Waals surface area contributed by atoms with Gasteiger partial charge in [0.15, 0.2) is 5.65 Å². The molecule has 2 heterocycles. The Morgan fingerprint density at radius 2 is 1.80 bits per heavy atom. The van der Waals surface area contributed by atoms with E-state index in [9.17, 15) is 23.1 Å². The SMILES string of the molecule is NC(=O)C1CCC(n2c(Nc3c(Cl)cc(OC(F)(F)F)cc3Cl)nc3cnc(N[C@@H]4CCC[C@@H](O)C4)nc32)CC1. The summed E-state index contributed by atoms with van der Waals surface area (Å²) in [6.45, 7) is 0. The molecule has 0 spiro atoms. The second-order valence-corrected chi connectivity index (χ2v) is 11.0. The van der Waals surface area contributed by atoms with Gasteiger partial charge < -0.3 is 26.2 Å². The number of ether oxygens (including phenoxy) is 1. The number of hydrogen-bond donors (Lipinski definition) is 4. The van der Waals surface area contributed by atoms with E-state index in [4.69, 9.17) is 33.9 Å². The van der Waals surface area contributed by atoms with Crippen molar-refractivity contribution < 1.29 is 27.8 Å². The van der Waals surface area contributed by atoms with Gasteiger partial charge in [-0.15, -0.1) is 13.2 Å². The quantitative estimate of drug-likeness (QED) is 0.270. The first kappa shape index (κ1) is 28.5. The number of hydrogen-bond acceptors (Lipinski definition) is 8. The summed E-state index contributed by atoms with van der Waals surface area (Å²) in [6.07, 6.45) is 1.84. The number of imidazole rings is 1. The Labute approximate surface area is 237 Å². The van der Waals surface area contributed by atoms with Crippen molar-refractivity contribution in [2.24, 2.45) is 11.7 Å². The number of alkyl halides is 3. The molecule has 2 aromatic heterocycles. The van der Waals surface area contributed by atoms with Crippen molar-refractivity contribution in [3.63, 3.8) is 0 Å². The smallest absolute Gasteiger partial charge is 0.406 e. The maximum Gasteiger partial charge on any atom is 0.573 e. The van der Waals surface area contributed by atoms with Crippen LogP contribution in [0, 0.1) is 5.92 Å². The molecule has 40 heavy (non-hydrogen) atoms. The fourth-order valence-electron chi connectivity index (χ4n) is 5.46. The van der Waals surface area contributed by atoms with E-state index >= 15 is 0 Å². The van der Waals surface area contributed by atoms with E-state index in [1.807, 2.05) is 4.57 Å². The highest BCUT2D eigenvalue weighted by Crippen LogP contribution is 2.41. The van der Waals surface area contributed by atoms with Gasteiger partial charge in [-0.3, -0.25) is 9.36 Å². The summed E-state index contributed by atoms with van der Waals surface area (Å²) >= 11 is 12.6. The van der Waals surface area contributed by atoms with Crippen LogP contribution in [0.2, 0.25) is 10.0 Å². The highest BCUT2D eigenvalue weighted by molar-refractivity contribution is 6.39. The monoisotopic (exact) mass is 601 g/mol. The molecular weight excluding hydrogens is 574 g/mol. The van der Waals surface area contributed by atoms with Gasteiger partial charge in [0.2, 0.25) is 17.8 Å². The van der Waals surface area contributed by atoms with Crippen molar-refractivity contribution in [1.29, 1.82) is 0 Å². The van der Waals surface area contributed by atoms with E-state index < -0.39 is 12.1 Å². The lowest BCUT2D eigenvalue weighted by Crippen LogP contribution is -2.30. The minimum absolute atomic E-state index is 0.0243. The number of carbonyl (C=O) groups is 1. The number of benzene rings is 1. The van der Waals surface area contributed by atoms with Crippen molar-refractivity contribution in [3.8, 4) is 5.75 Å². The molecule has 1 amide bonds. The number of nitrogens with zero attached hydrogens (tertiary/aromatic N) is 4. The number of halogens is 5. The van der Waals surface area contributed by atoms with Crippen LogP contribution in [0.1, 0.15) is 57.4 Å². The van der Waals surface area contributed by atoms with Crippen LogP contribution in [0.4, 0.5) is 30.8 Å². The van der Waals surface area contributed by atoms with Crippen LogP contribution in [0.5, 0.6) is 5.75 Å². The van der Waals surface area contributed by atoms with Crippen molar-refractivity contribution in [1.82, 2.24) is 19.5 Å². The number of amides is 1. The Hall–Kier alpha value is -3.03. The molecule has 0 bridgehead atoms. The number of fused-ring (bicyclic) bond motifs is 1. The molecular formula is C25H28Cl2F3N7O3. The number of aliphatic hydroxyl groups is 1. The van der Waals surface area contributed by atoms with Gasteiger partial charge in [0.25, 0.3) is 0 Å². The second kappa shape index (κ2) is 11.5. The first-order valence-corrected chi connectivity index (χ1v) is 13.7. The van der Waals surface area contributed by atoms with Crippen LogP contribution in [-0.4, -0.2) is 49.0 Å². The van der Waals surface area contributed by atoms with E-state index in [0.717, 1.165) is 31.4 Å². The molecule has 15 heteroatoms. The van der Waals surface area contributed by atoms with Crippen molar-refractivity contribution >= 4 is 57.9 Å². The van der Waals surface area contributed by atoms with Crippen LogP contribution >= 0.6 is 23.2 Å². The van der Waals surface area contributed by atoms with Gasteiger partial charge in [-0.1, -0.05) is 23.2 Å². The molecule has 1 aromatic carbocycles. The number of primary amides is 1. The lowest BCUT2D eigenvalue weighted by atomic mass is 9.85. The third-order valence-electron chi connectivity index (χ3n) is 7.36. The number of aliphatic hydroxyl groups excluding tert-OH is 1. The minimum Gasteiger partial charge on any atom is -0.406 e. The van der Waals surface area contributed by atoms with Gasteiger partial charge in [0.1, 0.15) is 11.3 Å². The molecule has 0 saturated heterocycles. The third kappa shape index (κ3) is 6.47. The predicted molar refractivity (Wildman–Crippen MR) is 144 cm³/mol. The number of nitrogens with two attached hydrogens (primary N) is 1. The number of rotatable bonds is 7. The first-order chi connectivity index (χ1) is 19.0. The first-order valence-electron chi connectivity index (χ1n) is 13.0. The standard InChI is InChI=1S/C25H28Cl2F3N7O3/c26-17-9-16(40-25(28,29)30)10-18(27)20(17)35-24-34-19-11-32-23(33-13-2-1-3-15(38)8-13)36-22(19)37(24)14-6-4-12(5-7-14)21(31)39/h9-15,38H,1-8H2,(H2,31,39)(H,34,35)(H,32,33,36)/t12?,13-,14?,15-/m1/s1. The van der Waals surface area contributed by atoms with Gasteiger partial charge in [-0.25, -0.2) is 9.97 Å². The number of carbonyl (C=O) groups excluding carboxylic acids is 1. The van der Waals surface area contributed by atoms with Crippen molar-refractivity contribution in [2.75, 3.05) is 10.6 Å². The van der Waals surface area contributed by atoms with Gasteiger partial charge in [-0.05, 0) is 51.4 Å². The maximum atomic E-state index is 12.7. The van der Waals surface area contributed by atoms with Crippen LogP contribution in [0.25, 0.3) is 11.2 Å². The van der Waals surface area contributed by atoms with Gasteiger partial charge >= 0.3 is 6.36 Å². The van der Waals surface area contributed by atoms with Crippen LogP contribution in [0.15, 0.2) is 18.3 Å². The summed E-state index contributed by atoms with van der Waals surface area (Å²) in [4.78, 5) is 25.5. The minimum atomic E-state index is -4.90. The third-order valence-corrected chi connectivity index (χ3v) is 7.96. The average molecular weight is 602 g/mol. The summed E-state index contributed by atoms with van der Waals surface area (Å²) in [6, 6.07) is 1.92. The molecule has 2 atom stereocenters. The fourth-order valence-corrected chi connectivity index (χ4v) is 6.03. The van der Waals surface area contributed by atoms with Crippen LogP contribution < -0.4 is 21.1 Å². The Morgan fingerprint density at radius 1 is 1.10 bits per heavy atom. The molecule has 216 valence electrons. The van der Waals surface area contributed by atoms with Crippen LogP contribution in [0.3, 0.4) is 0 Å². The largest absolute Gasteiger partial charge is 0.573 e. The Kier molecular flexibility index (Phi) is 8.16. The van der Waals surface area contributed by atoms with Gasteiger partial charge in [-0.2, -0.15) is 4.98 Å². The zero-order valence-corrected chi connectivity index (χ0v) is 22.7. The molecule has 0 radical (unpaired) electrons. The Morgan fingerprint density at radius 3 is 2.42 bits per heavy atom. The number of nitrogens with one attached hydrogen (secondary N) is 2. The normalized spacial score (nSPS) is 23.6. The number of aromatic nitrogens is 4. The summed E-state index contributed by atoms with van der Waals surface area (Å²) in [5, 5.41) is 16.2. The molecule has 2 aliphatic rings. The predicted octanol–water partition coefficient (Wildman–Crippen LogP) is 5.71. The zero-order chi connectivity index (χ0) is 28.6. The molecule has 2 saturated carbocycles. The van der Waals surface area contributed by atoms with Gasteiger partial charge in [0, 0.05) is 30.1 Å². The summed E-state index contributed by atoms with van der Waals surface area (Å²) in [5.41, 5.74) is 6.66. The maximum absolute atomic E-state index is 12.7. The van der Waals surface area contributed by atoms with E-state index in [-0.39, 0.29) is 45.7 Å². The number of anilines is 3. The topological polar surface area (TPSA) is 140 Å². The average Bonchev–Trinajstić information content (AvgIpc) is 3.22. The van der Waals surface area contributed by atoms with E-state index in [1.54, 1.807) is 6.20 Å². The summed E-state index contributed by atoms with van der Waals surface area (Å²) in [5.74, 6) is -0.423. The second-order valence-electron chi connectivity index (χ2n) is 10.2. The Balaban J connectivity index is 1.50.